The van der Waals surface area contributed by atoms with Gasteiger partial charge >= 0.3 is 0 Å². The van der Waals surface area contributed by atoms with Crippen LogP contribution in [-0.2, 0) is 0 Å². The van der Waals surface area contributed by atoms with Crippen molar-refractivity contribution in [1.29, 1.82) is 0 Å². The summed E-state index contributed by atoms with van der Waals surface area (Å²) in [5, 5.41) is 0. The SMILES string of the molecule is COc1ccnc(/C=C/c2ccccc2)c1. The standard InChI is InChI=1S/C14H13NO/c1-16-14-9-10-15-13(11-14)8-7-12-5-3-2-4-6-12/h2-11H,1H3/b8-7+. The first-order valence-corrected chi connectivity index (χ1v) is 5.11. The molecule has 0 aliphatic carbocycles. The summed E-state index contributed by atoms with van der Waals surface area (Å²) >= 11 is 0. The summed E-state index contributed by atoms with van der Waals surface area (Å²) in [7, 11) is 1.65. The minimum atomic E-state index is 0.822. The van der Waals surface area contributed by atoms with E-state index in [-0.39, 0.29) is 0 Å². The maximum absolute atomic E-state index is 5.13. The van der Waals surface area contributed by atoms with Gasteiger partial charge in [0.25, 0.3) is 0 Å². The van der Waals surface area contributed by atoms with Crippen LogP contribution in [0.15, 0.2) is 48.7 Å². The molecule has 0 amide bonds. The number of nitrogens with zero attached hydrogens (tertiary/aromatic N) is 1. The summed E-state index contributed by atoms with van der Waals surface area (Å²) in [6, 6.07) is 13.9. The molecule has 16 heavy (non-hydrogen) atoms. The smallest absolute Gasteiger partial charge is 0.122 e. The Kier molecular flexibility index (Phi) is 3.34. The highest BCUT2D eigenvalue weighted by molar-refractivity contribution is 5.68. The second-order valence-corrected chi connectivity index (χ2v) is 3.36. The number of methoxy groups -OCH3 is 1. The van der Waals surface area contributed by atoms with Gasteiger partial charge in [0, 0.05) is 12.3 Å². The van der Waals surface area contributed by atoms with Gasteiger partial charge in [-0.1, -0.05) is 36.4 Å². The van der Waals surface area contributed by atoms with E-state index < -0.39 is 0 Å². The van der Waals surface area contributed by atoms with Gasteiger partial charge in [-0.05, 0) is 17.7 Å². The van der Waals surface area contributed by atoms with E-state index in [1.54, 1.807) is 13.3 Å². The van der Waals surface area contributed by atoms with Crippen LogP contribution < -0.4 is 4.74 Å². The molecule has 0 unspecified atom stereocenters. The molecule has 0 fully saturated rings. The van der Waals surface area contributed by atoms with Gasteiger partial charge in [0.1, 0.15) is 5.75 Å². The molecule has 1 aromatic heterocycles. The second kappa shape index (κ2) is 5.12. The average Bonchev–Trinajstić information content (AvgIpc) is 2.38. The average molecular weight is 211 g/mol. The molecule has 0 N–H and O–H groups in total. The Morgan fingerprint density at radius 1 is 1.06 bits per heavy atom. The van der Waals surface area contributed by atoms with Crippen LogP contribution in [0.25, 0.3) is 12.2 Å². The van der Waals surface area contributed by atoms with E-state index in [1.165, 1.54) is 0 Å². The molecule has 2 nitrogen and oxygen atoms in total. The zero-order valence-corrected chi connectivity index (χ0v) is 9.13. The third-order valence-electron chi connectivity index (χ3n) is 2.23. The Bertz CT molecular complexity index is 477. The van der Waals surface area contributed by atoms with Crippen molar-refractivity contribution in [3.63, 3.8) is 0 Å². The van der Waals surface area contributed by atoms with Gasteiger partial charge in [-0.2, -0.15) is 0 Å². The number of pyridine rings is 1. The van der Waals surface area contributed by atoms with E-state index in [9.17, 15) is 0 Å². The lowest BCUT2D eigenvalue weighted by Gasteiger charge is -1.99. The number of rotatable bonds is 3. The predicted molar refractivity (Wildman–Crippen MR) is 66.2 cm³/mol. The fraction of sp³-hybridized carbons (Fsp3) is 0.0714. The first-order chi connectivity index (χ1) is 7.88. The van der Waals surface area contributed by atoms with Crippen molar-refractivity contribution in [1.82, 2.24) is 4.98 Å². The summed E-state index contributed by atoms with van der Waals surface area (Å²) in [5.41, 5.74) is 2.05. The normalized spacial score (nSPS) is 10.6. The molecule has 0 aliphatic rings. The van der Waals surface area contributed by atoms with Crippen LogP contribution in [0.3, 0.4) is 0 Å². The van der Waals surface area contributed by atoms with Crippen molar-refractivity contribution < 1.29 is 4.74 Å². The van der Waals surface area contributed by atoms with Crippen molar-refractivity contribution >= 4 is 12.2 Å². The van der Waals surface area contributed by atoms with Crippen LogP contribution >= 0.6 is 0 Å². The van der Waals surface area contributed by atoms with E-state index in [2.05, 4.69) is 17.1 Å². The number of hydrogen-bond donors (Lipinski definition) is 0. The van der Waals surface area contributed by atoms with Crippen LogP contribution in [0.2, 0.25) is 0 Å². The van der Waals surface area contributed by atoms with Crippen molar-refractivity contribution in [3.05, 3.63) is 59.9 Å². The van der Waals surface area contributed by atoms with Crippen LogP contribution in [-0.4, -0.2) is 12.1 Å². The molecule has 80 valence electrons. The quantitative estimate of drug-likeness (QED) is 0.777. The number of hydrogen-bond acceptors (Lipinski definition) is 2. The van der Waals surface area contributed by atoms with Crippen LogP contribution in [0, 0.1) is 0 Å². The van der Waals surface area contributed by atoms with Crippen molar-refractivity contribution in [2.24, 2.45) is 0 Å². The van der Waals surface area contributed by atoms with E-state index in [1.807, 2.05) is 42.5 Å². The highest BCUT2D eigenvalue weighted by Crippen LogP contribution is 2.12. The lowest BCUT2D eigenvalue weighted by Crippen LogP contribution is -1.85. The Balaban J connectivity index is 2.17. The van der Waals surface area contributed by atoms with E-state index in [0.717, 1.165) is 17.0 Å². The Labute approximate surface area is 95.2 Å². The molecule has 1 aromatic carbocycles. The highest BCUT2D eigenvalue weighted by Gasteiger charge is 1.92. The van der Waals surface area contributed by atoms with Gasteiger partial charge in [-0.25, -0.2) is 0 Å². The second-order valence-electron chi connectivity index (χ2n) is 3.36. The number of aromatic nitrogens is 1. The molecule has 0 aliphatic heterocycles. The molecule has 0 bridgehead atoms. The molecule has 0 saturated carbocycles. The minimum Gasteiger partial charge on any atom is -0.497 e. The minimum absolute atomic E-state index is 0.822. The first kappa shape index (κ1) is 10.4. The maximum Gasteiger partial charge on any atom is 0.122 e. The van der Waals surface area contributed by atoms with Crippen LogP contribution in [0.1, 0.15) is 11.3 Å². The highest BCUT2D eigenvalue weighted by atomic mass is 16.5. The lowest BCUT2D eigenvalue weighted by molar-refractivity contribution is 0.414. The summed E-state index contributed by atoms with van der Waals surface area (Å²) < 4.78 is 5.13. The van der Waals surface area contributed by atoms with Crippen LogP contribution in [0.4, 0.5) is 0 Å². The van der Waals surface area contributed by atoms with Gasteiger partial charge in [-0.3, -0.25) is 4.98 Å². The van der Waals surface area contributed by atoms with Gasteiger partial charge in [0.05, 0.1) is 12.8 Å². The summed E-state index contributed by atoms with van der Waals surface area (Å²) in [4.78, 5) is 4.24. The molecule has 2 aromatic rings. The Morgan fingerprint density at radius 3 is 2.62 bits per heavy atom. The fourth-order valence-corrected chi connectivity index (χ4v) is 1.39. The monoisotopic (exact) mass is 211 g/mol. The molecule has 0 saturated heterocycles. The molecule has 0 spiro atoms. The Hall–Kier alpha value is -2.09. The van der Waals surface area contributed by atoms with Gasteiger partial charge < -0.3 is 4.74 Å². The predicted octanol–water partition coefficient (Wildman–Crippen LogP) is 3.26. The summed E-state index contributed by atoms with van der Waals surface area (Å²) in [5.74, 6) is 0.822. The summed E-state index contributed by atoms with van der Waals surface area (Å²) in [6.45, 7) is 0. The van der Waals surface area contributed by atoms with E-state index >= 15 is 0 Å². The maximum atomic E-state index is 5.13. The van der Waals surface area contributed by atoms with E-state index in [4.69, 9.17) is 4.74 Å². The zero-order valence-electron chi connectivity index (χ0n) is 9.13. The molecule has 0 radical (unpaired) electrons. The lowest BCUT2D eigenvalue weighted by atomic mass is 10.2. The zero-order chi connectivity index (χ0) is 11.2. The van der Waals surface area contributed by atoms with Gasteiger partial charge in [0.15, 0.2) is 0 Å². The number of ether oxygens (including phenoxy) is 1. The van der Waals surface area contributed by atoms with Gasteiger partial charge in [0.2, 0.25) is 0 Å². The third kappa shape index (κ3) is 2.70. The molecular weight excluding hydrogens is 198 g/mol. The molecule has 2 rings (SSSR count). The van der Waals surface area contributed by atoms with Crippen molar-refractivity contribution in [3.8, 4) is 5.75 Å². The topological polar surface area (TPSA) is 22.1 Å². The third-order valence-corrected chi connectivity index (χ3v) is 2.23. The first-order valence-electron chi connectivity index (χ1n) is 5.11. The van der Waals surface area contributed by atoms with E-state index in [0.29, 0.717) is 0 Å². The largest absolute Gasteiger partial charge is 0.497 e. The summed E-state index contributed by atoms with van der Waals surface area (Å²) in [6.07, 6.45) is 5.74. The van der Waals surface area contributed by atoms with Gasteiger partial charge in [-0.15, -0.1) is 0 Å². The van der Waals surface area contributed by atoms with Crippen molar-refractivity contribution in [2.75, 3.05) is 7.11 Å². The molecular formula is C14H13NO. The molecule has 2 heteroatoms. The molecule has 1 heterocycles. The fourth-order valence-electron chi connectivity index (χ4n) is 1.39. The molecule has 0 atom stereocenters. The Morgan fingerprint density at radius 2 is 1.88 bits per heavy atom. The van der Waals surface area contributed by atoms with Crippen LogP contribution in [0.5, 0.6) is 5.75 Å². The van der Waals surface area contributed by atoms with Crippen molar-refractivity contribution in [2.45, 2.75) is 0 Å². The number of benzene rings is 1.